The van der Waals surface area contributed by atoms with E-state index in [2.05, 4.69) is 10.2 Å². The molecular formula is C10H8F3N3O. The zero-order valence-corrected chi connectivity index (χ0v) is 8.75. The summed E-state index contributed by atoms with van der Waals surface area (Å²) >= 11 is 0. The Morgan fingerprint density at radius 3 is 2.59 bits per heavy atom. The maximum absolute atomic E-state index is 12.7. The largest absolute Gasteiger partial charge is 0.416 e. The molecule has 7 heteroatoms. The van der Waals surface area contributed by atoms with Gasteiger partial charge >= 0.3 is 11.9 Å². The van der Waals surface area contributed by atoms with Crippen LogP contribution >= 0.6 is 0 Å². The van der Waals surface area contributed by atoms with Crippen LogP contribution in [0.1, 0.15) is 11.1 Å². The average molecular weight is 243 g/mol. The fraction of sp³-hybridized carbons (Fsp3) is 0.200. The Labute approximate surface area is 93.7 Å². The topological polar surface area (TPSA) is 50.7 Å². The van der Waals surface area contributed by atoms with Gasteiger partial charge in [0.1, 0.15) is 6.33 Å². The minimum atomic E-state index is -4.44. The van der Waals surface area contributed by atoms with Crippen LogP contribution in [0, 0.1) is 6.92 Å². The second-order valence-corrected chi connectivity index (χ2v) is 3.48. The monoisotopic (exact) mass is 243 g/mol. The number of aromatic nitrogens is 3. The molecule has 0 spiro atoms. The highest BCUT2D eigenvalue weighted by molar-refractivity contribution is 5.46. The molecule has 1 aromatic heterocycles. The molecule has 0 radical (unpaired) electrons. The van der Waals surface area contributed by atoms with Crippen molar-refractivity contribution in [3.8, 4) is 5.69 Å². The number of benzene rings is 1. The molecule has 0 atom stereocenters. The van der Waals surface area contributed by atoms with Crippen LogP contribution < -0.4 is 5.69 Å². The Hall–Kier alpha value is -2.05. The second-order valence-electron chi connectivity index (χ2n) is 3.48. The predicted octanol–water partition coefficient (Wildman–Crippen LogP) is 1.89. The van der Waals surface area contributed by atoms with Gasteiger partial charge in [0.05, 0.1) is 11.3 Å². The summed E-state index contributed by atoms with van der Waals surface area (Å²) in [6.07, 6.45) is -3.29. The molecular weight excluding hydrogens is 235 g/mol. The van der Waals surface area contributed by atoms with Crippen LogP contribution in [-0.4, -0.2) is 14.8 Å². The average Bonchev–Trinajstić information content (AvgIpc) is 2.63. The van der Waals surface area contributed by atoms with Gasteiger partial charge in [0.25, 0.3) is 0 Å². The number of H-pyrrole nitrogens is 1. The van der Waals surface area contributed by atoms with E-state index in [0.717, 1.165) is 17.0 Å². The van der Waals surface area contributed by atoms with E-state index in [-0.39, 0.29) is 11.3 Å². The van der Waals surface area contributed by atoms with Gasteiger partial charge in [-0.15, -0.1) is 0 Å². The van der Waals surface area contributed by atoms with Crippen molar-refractivity contribution in [3.05, 3.63) is 46.1 Å². The van der Waals surface area contributed by atoms with E-state index in [4.69, 9.17) is 0 Å². The van der Waals surface area contributed by atoms with Crippen molar-refractivity contribution in [2.75, 3.05) is 0 Å². The quantitative estimate of drug-likeness (QED) is 0.831. The van der Waals surface area contributed by atoms with Crippen molar-refractivity contribution in [2.24, 2.45) is 0 Å². The van der Waals surface area contributed by atoms with Gasteiger partial charge in [-0.25, -0.2) is 14.5 Å². The lowest BCUT2D eigenvalue weighted by molar-refractivity contribution is -0.138. The summed E-state index contributed by atoms with van der Waals surface area (Å²) in [5.41, 5.74) is -1.18. The first-order valence-corrected chi connectivity index (χ1v) is 4.70. The molecule has 0 saturated carbocycles. The van der Waals surface area contributed by atoms with Crippen LogP contribution in [0.5, 0.6) is 0 Å². The minimum Gasteiger partial charge on any atom is -0.249 e. The smallest absolute Gasteiger partial charge is 0.249 e. The van der Waals surface area contributed by atoms with E-state index in [0.29, 0.717) is 0 Å². The zero-order valence-electron chi connectivity index (χ0n) is 8.75. The van der Waals surface area contributed by atoms with Gasteiger partial charge in [-0.3, -0.25) is 0 Å². The summed E-state index contributed by atoms with van der Waals surface area (Å²) in [5, 5.41) is 5.60. The SMILES string of the molecule is Cc1c(-n2cn[nH]c2=O)cccc1C(F)(F)F. The van der Waals surface area contributed by atoms with E-state index in [1.54, 1.807) is 0 Å². The summed E-state index contributed by atoms with van der Waals surface area (Å²) in [4.78, 5) is 11.3. The Kier molecular flexibility index (Phi) is 2.53. The van der Waals surface area contributed by atoms with E-state index in [9.17, 15) is 18.0 Å². The second kappa shape index (κ2) is 3.76. The number of nitrogens with zero attached hydrogens (tertiary/aromatic N) is 2. The molecule has 2 rings (SSSR count). The maximum Gasteiger partial charge on any atom is 0.416 e. The van der Waals surface area contributed by atoms with Crippen LogP contribution in [0.2, 0.25) is 0 Å². The third-order valence-corrected chi connectivity index (χ3v) is 2.42. The highest BCUT2D eigenvalue weighted by Crippen LogP contribution is 2.33. The van der Waals surface area contributed by atoms with Gasteiger partial charge < -0.3 is 0 Å². The van der Waals surface area contributed by atoms with Crippen LogP contribution in [0.3, 0.4) is 0 Å². The molecule has 2 aromatic rings. The lowest BCUT2D eigenvalue weighted by Gasteiger charge is -2.13. The van der Waals surface area contributed by atoms with Gasteiger partial charge in [-0.05, 0) is 24.6 Å². The fourth-order valence-corrected chi connectivity index (χ4v) is 1.61. The Morgan fingerprint density at radius 2 is 2.06 bits per heavy atom. The van der Waals surface area contributed by atoms with Gasteiger partial charge in [0.15, 0.2) is 0 Å². The van der Waals surface area contributed by atoms with Gasteiger partial charge in [-0.1, -0.05) is 6.07 Å². The highest BCUT2D eigenvalue weighted by Gasteiger charge is 2.33. The van der Waals surface area contributed by atoms with Crippen molar-refractivity contribution >= 4 is 0 Å². The molecule has 0 bridgehead atoms. The third kappa shape index (κ3) is 1.95. The van der Waals surface area contributed by atoms with Crippen molar-refractivity contribution in [3.63, 3.8) is 0 Å². The number of rotatable bonds is 1. The molecule has 1 heterocycles. The van der Waals surface area contributed by atoms with Crippen LogP contribution in [-0.2, 0) is 6.18 Å². The summed E-state index contributed by atoms with van der Waals surface area (Å²) in [6, 6.07) is 3.66. The first-order valence-electron chi connectivity index (χ1n) is 4.70. The molecule has 0 saturated heterocycles. The number of nitrogens with one attached hydrogen (secondary N) is 1. The summed E-state index contributed by atoms with van der Waals surface area (Å²) in [7, 11) is 0. The van der Waals surface area contributed by atoms with Gasteiger partial charge in [0, 0.05) is 0 Å². The van der Waals surface area contributed by atoms with Crippen molar-refractivity contribution in [1.29, 1.82) is 0 Å². The van der Waals surface area contributed by atoms with Crippen LogP contribution in [0.15, 0.2) is 29.3 Å². The molecule has 0 unspecified atom stereocenters. The number of hydrogen-bond acceptors (Lipinski definition) is 2. The molecule has 0 aliphatic heterocycles. The molecule has 0 aliphatic carbocycles. The number of aromatic amines is 1. The summed E-state index contributed by atoms with van der Waals surface area (Å²) in [6.45, 7) is 1.32. The van der Waals surface area contributed by atoms with E-state index >= 15 is 0 Å². The zero-order chi connectivity index (χ0) is 12.6. The lowest BCUT2D eigenvalue weighted by Crippen LogP contribution is -2.17. The van der Waals surface area contributed by atoms with E-state index in [1.165, 1.54) is 19.1 Å². The number of alkyl halides is 3. The minimum absolute atomic E-state index is 0.0106. The van der Waals surface area contributed by atoms with Gasteiger partial charge in [-0.2, -0.15) is 18.3 Å². The molecule has 0 fully saturated rings. The van der Waals surface area contributed by atoms with E-state index in [1.807, 2.05) is 0 Å². The Balaban J connectivity index is 2.66. The summed E-state index contributed by atoms with van der Waals surface area (Å²) in [5.74, 6) is 0. The first kappa shape index (κ1) is 11.4. The first-order chi connectivity index (χ1) is 7.91. The Morgan fingerprint density at radius 1 is 1.35 bits per heavy atom. The van der Waals surface area contributed by atoms with Crippen molar-refractivity contribution in [1.82, 2.24) is 14.8 Å². The standard InChI is InChI=1S/C10H8F3N3O/c1-6-7(10(11,12)13)3-2-4-8(6)16-5-14-15-9(16)17/h2-5H,1H3,(H,15,17). The molecule has 1 N–H and O–H groups in total. The molecule has 1 aromatic carbocycles. The molecule has 0 aliphatic rings. The predicted molar refractivity (Wildman–Crippen MR) is 53.9 cm³/mol. The normalized spacial score (nSPS) is 11.8. The molecule has 90 valence electrons. The summed E-state index contributed by atoms with van der Waals surface area (Å²) < 4.78 is 39.0. The lowest BCUT2D eigenvalue weighted by atomic mass is 10.1. The van der Waals surface area contributed by atoms with Crippen molar-refractivity contribution in [2.45, 2.75) is 13.1 Å². The van der Waals surface area contributed by atoms with Crippen LogP contribution in [0.4, 0.5) is 13.2 Å². The highest BCUT2D eigenvalue weighted by atomic mass is 19.4. The number of halogens is 3. The molecule has 0 amide bonds. The fourth-order valence-electron chi connectivity index (χ4n) is 1.61. The number of hydrogen-bond donors (Lipinski definition) is 1. The van der Waals surface area contributed by atoms with Crippen molar-refractivity contribution < 1.29 is 13.2 Å². The Bertz CT molecular complexity index is 597. The molecule has 4 nitrogen and oxygen atoms in total. The van der Waals surface area contributed by atoms with Gasteiger partial charge in [0.2, 0.25) is 0 Å². The third-order valence-electron chi connectivity index (χ3n) is 2.42. The molecule has 17 heavy (non-hydrogen) atoms. The van der Waals surface area contributed by atoms with Crippen LogP contribution in [0.25, 0.3) is 5.69 Å². The van der Waals surface area contributed by atoms with E-state index < -0.39 is 17.4 Å². The maximum atomic E-state index is 12.7.